The summed E-state index contributed by atoms with van der Waals surface area (Å²) < 4.78 is 5.13. The Kier molecular flexibility index (Phi) is 5.75. The van der Waals surface area contributed by atoms with Crippen LogP contribution in [0.2, 0.25) is 5.02 Å². The van der Waals surface area contributed by atoms with Crippen LogP contribution in [0.25, 0.3) is 0 Å². The Morgan fingerprint density at radius 3 is 2.65 bits per heavy atom. The Morgan fingerprint density at radius 1 is 1.47 bits per heavy atom. The maximum atomic E-state index is 6.26. The summed E-state index contributed by atoms with van der Waals surface area (Å²) in [5.74, 6) is 1.09. The molecule has 17 heavy (non-hydrogen) atoms. The lowest BCUT2D eigenvalue weighted by molar-refractivity contribution is 0.400. The molecule has 0 spiro atoms. The SMILES string of the molecule is CCC(CNC)C(N)c1ccc(OC)c(Cl)c1. The first kappa shape index (κ1) is 14.3. The molecule has 1 aromatic rings. The van der Waals surface area contributed by atoms with Gasteiger partial charge in [-0.05, 0) is 37.2 Å². The van der Waals surface area contributed by atoms with Crippen LogP contribution in [0.4, 0.5) is 0 Å². The molecule has 0 radical (unpaired) electrons. The molecular formula is C13H21ClN2O. The molecule has 2 atom stereocenters. The minimum absolute atomic E-state index is 0.00384. The molecule has 4 heteroatoms. The number of benzene rings is 1. The van der Waals surface area contributed by atoms with Gasteiger partial charge in [-0.25, -0.2) is 0 Å². The zero-order valence-electron chi connectivity index (χ0n) is 10.7. The van der Waals surface area contributed by atoms with Crippen molar-refractivity contribution >= 4 is 11.6 Å². The van der Waals surface area contributed by atoms with Crippen LogP contribution in [0.15, 0.2) is 18.2 Å². The van der Waals surface area contributed by atoms with Crippen LogP contribution in [-0.2, 0) is 0 Å². The van der Waals surface area contributed by atoms with Crippen LogP contribution in [0.5, 0.6) is 5.75 Å². The highest BCUT2D eigenvalue weighted by Gasteiger charge is 2.18. The summed E-state index contributed by atoms with van der Waals surface area (Å²) in [4.78, 5) is 0. The summed E-state index contributed by atoms with van der Waals surface area (Å²) in [6, 6.07) is 5.73. The molecule has 0 heterocycles. The average molecular weight is 257 g/mol. The predicted molar refractivity (Wildman–Crippen MR) is 72.6 cm³/mol. The maximum Gasteiger partial charge on any atom is 0.137 e. The molecule has 1 aromatic carbocycles. The molecule has 0 aromatic heterocycles. The van der Waals surface area contributed by atoms with Gasteiger partial charge < -0.3 is 15.8 Å². The Balaban J connectivity index is 2.87. The van der Waals surface area contributed by atoms with Gasteiger partial charge in [0.2, 0.25) is 0 Å². The van der Waals surface area contributed by atoms with Gasteiger partial charge in [-0.3, -0.25) is 0 Å². The minimum atomic E-state index is -0.00384. The highest BCUT2D eigenvalue weighted by molar-refractivity contribution is 6.32. The number of hydrogen-bond acceptors (Lipinski definition) is 3. The van der Waals surface area contributed by atoms with Crippen LogP contribution < -0.4 is 15.8 Å². The van der Waals surface area contributed by atoms with E-state index in [1.165, 1.54) is 0 Å². The van der Waals surface area contributed by atoms with Gasteiger partial charge in [0.25, 0.3) is 0 Å². The van der Waals surface area contributed by atoms with Crippen LogP contribution in [0.1, 0.15) is 24.9 Å². The van der Waals surface area contributed by atoms with Crippen molar-refractivity contribution in [3.8, 4) is 5.75 Å². The Bertz CT molecular complexity index is 357. The quantitative estimate of drug-likeness (QED) is 0.823. The second-order valence-corrected chi connectivity index (χ2v) is 4.55. The standard InChI is InChI=1S/C13H21ClN2O/c1-4-9(8-16-2)13(15)10-5-6-12(17-3)11(14)7-10/h5-7,9,13,16H,4,8,15H2,1-3H3. The number of ether oxygens (including phenoxy) is 1. The Hall–Kier alpha value is -0.770. The average Bonchev–Trinajstić information content (AvgIpc) is 2.35. The molecular weight excluding hydrogens is 236 g/mol. The zero-order chi connectivity index (χ0) is 12.8. The van der Waals surface area contributed by atoms with Gasteiger partial charge in [0, 0.05) is 6.04 Å². The Morgan fingerprint density at radius 2 is 2.18 bits per heavy atom. The van der Waals surface area contributed by atoms with E-state index in [0.717, 1.165) is 18.5 Å². The van der Waals surface area contributed by atoms with E-state index in [4.69, 9.17) is 22.1 Å². The fourth-order valence-corrected chi connectivity index (χ4v) is 2.22. The van der Waals surface area contributed by atoms with E-state index in [0.29, 0.717) is 16.7 Å². The third-order valence-electron chi connectivity index (χ3n) is 3.06. The molecule has 0 fully saturated rings. The van der Waals surface area contributed by atoms with Crippen molar-refractivity contribution in [2.75, 3.05) is 20.7 Å². The summed E-state index contributed by atoms with van der Waals surface area (Å²) in [5, 5.41) is 3.78. The summed E-state index contributed by atoms with van der Waals surface area (Å²) >= 11 is 6.10. The lowest BCUT2D eigenvalue weighted by atomic mass is 9.91. The number of nitrogens with two attached hydrogens (primary N) is 1. The van der Waals surface area contributed by atoms with Gasteiger partial charge in [-0.2, -0.15) is 0 Å². The van der Waals surface area contributed by atoms with Crippen LogP contribution >= 0.6 is 11.6 Å². The molecule has 0 aliphatic heterocycles. The number of rotatable bonds is 6. The third-order valence-corrected chi connectivity index (χ3v) is 3.35. The van der Waals surface area contributed by atoms with E-state index in [9.17, 15) is 0 Å². The topological polar surface area (TPSA) is 47.3 Å². The Labute approximate surface area is 108 Å². The first-order chi connectivity index (χ1) is 8.13. The second-order valence-electron chi connectivity index (χ2n) is 4.15. The molecule has 0 saturated carbocycles. The molecule has 0 aliphatic rings. The van der Waals surface area contributed by atoms with Gasteiger partial charge >= 0.3 is 0 Å². The predicted octanol–water partition coefficient (Wildman–Crippen LogP) is 2.59. The molecule has 0 aliphatic carbocycles. The molecule has 0 bridgehead atoms. The molecule has 0 saturated heterocycles. The lowest BCUT2D eigenvalue weighted by Crippen LogP contribution is -2.29. The molecule has 0 amide bonds. The number of methoxy groups -OCH3 is 1. The van der Waals surface area contributed by atoms with Gasteiger partial charge in [0.15, 0.2) is 0 Å². The summed E-state index contributed by atoms with van der Waals surface area (Å²) in [6.07, 6.45) is 1.03. The largest absolute Gasteiger partial charge is 0.495 e. The first-order valence-electron chi connectivity index (χ1n) is 5.87. The van der Waals surface area contributed by atoms with Crippen molar-refractivity contribution < 1.29 is 4.74 Å². The van der Waals surface area contributed by atoms with E-state index < -0.39 is 0 Å². The van der Waals surface area contributed by atoms with Crippen LogP contribution in [-0.4, -0.2) is 20.7 Å². The summed E-state index contributed by atoms with van der Waals surface area (Å²) in [5.41, 5.74) is 7.31. The second kappa shape index (κ2) is 6.84. The van der Waals surface area contributed by atoms with E-state index in [2.05, 4.69) is 12.2 Å². The van der Waals surface area contributed by atoms with Crippen molar-refractivity contribution in [3.63, 3.8) is 0 Å². The molecule has 96 valence electrons. The van der Waals surface area contributed by atoms with Crippen molar-refractivity contribution in [1.82, 2.24) is 5.32 Å². The highest BCUT2D eigenvalue weighted by Crippen LogP contribution is 2.30. The summed E-state index contributed by atoms with van der Waals surface area (Å²) in [6.45, 7) is 3.05. The van der Waals surface area contributed by atoms with E-state index in [-0.39, 0.29) is 6.04 Å². The van der Waals surface area contributed by atoms with Crippen LogP contribution in [0, 0.1) is 5.92 Å². The maximum absolute atomic E-state index is 6.26. The minimum Gasteiger partial charge on any atom is -0.495 e. The van der Waals surface area contributed by atoms with Crippen LogP contribution in [0.3, 0.4) is 0 Å². The highest BCUT2D eigenvalue weighted by atomic mass is 35.5. The zero-order valence-corrected chi connectivity index (χ0v) is 11.4. The van der Waals surface area contributed by atoms with Crippen molar-refractivity contribution in [2.45, 2.75) is 19.4 Å². The molecule has 3 N–H and O–H groups in total. The third kappa shape index (κ3) is 3.60. The molecule has 1 rings (SSSR count). The summed E-state index contributed by atoms with van der Waals surface area (Å²) in [7, 11) is 3.55. The molecule has 2 unspecified atom stereocenters. The van der Waals surface area contributed by atoms with Crippen molar-refractivity contribution in [1.29, 1.82) is 0 Å². The van der Waals surface area contributed by atoms with Gasteiger partial charge in [-0.15, -0.1) is 0 Å². The van der Waals surface area contributed by atoms with Gasteiger partial charge in [0.05, 0.1) is 12.1 Å². The van der Waals surface area contributed by atoms with E-state index >= 15 is 0 Å². The van der Waals surface area contributed by atoms with Gasteiger partial charge in [0.1, 0.15) is 5.75 Å². The van der Waals surface area contributed by atoms with Crippen molar-refractivity contribution in [2.24, 2.45) is 11.7 Å². The normalized spacial score (nSPS) is 14.4. The lowest BCUT2D eigenvalue weighted by Gasteiger charge is -2.23. The number of hydrogen-bond donors (Lipinski definition) is 2. The number of halogens is 1. The fourth-order valence-electron chi connectivity index (χ4n) is 1.95. The smallest absolute Gasteiger partial charge is 0.137 e. The van der Waals surface area contributed by atoms with E-state index in [1.54, 1.807) is 7.11 Å². The monoisotopic (exact) mass is 256 g/mol. The fraction of sp³-hybridized carbons (Fsp3) is 0.538. The first-order valence-corrected chi connectivity index (χ1v) is 6.25. The molecule has 3 nitrogen and oxygen atoms in total. The number of nitrogens with one attached hydrogen (secondary N) is 1. The van der Waals surface area contributed by atoms with E-state index in [1.807, 2.05) is 25.2 Å². The van der Waals surface area contributed by atoms with Gasteiger partial charge in [-0.1, -0.05) is 31.0 Å². The van der Waals surface area contributed by atoms with Crippen molar-refractivity contribution in [3.05, 3.63) is 28.8 Å².